The summed E-state index contributed by atoms with van der Waals surface area (Å²) in [5, 5.41) is 0. The average Bonchev–Trinajstić information content (AvgIpc) is 2.05. The molecule has 3 heteroatoms. The largest absolute Gasteiger partial charge is 0.324 e. The van der Waals surface area contributed by atoms with E-state index in [-0.39, 0.29) is 11.9 Å². The van der Waals surface area contributed by atoms with Crippen LogP contribution in [0.5, 0.6) is 0 Å². The summed E-state index contributed by atoms with van der Waals surface area (Å²) in [4.78, 5) is 3.63. The van der Waals surface area contributed by atoms with Crippen molar-refractivity contribution in [3.8, 4) is 0 Å². The molecule has 0 amide bonds. The van der Waals surface area contributed by atoms with Crippen molar-refractivity contribution in [2.45, 2.75) is 12.5 Å². The van der Waals surface area contributed by atoms with Gasteiger partial charge in [0.15, 0.2) is 0 Å². The lowest BCUT2D eigenvalue weighted by atomic mass is 10.1. The highest BCUT2D eigenvalue weighted by atomic mass is 19.1. The zero-order valence-corrected chi connectivity index (χ0v) is 6.70. The average molecular weight is 166 g/mol. The molecule has 0 saturated heterocycles. The van der Waals surface area contributed by atoms with Crippen LogP contribution in [0.1, 0.15) is 18.0 Å². The molecule has 1 unspecified atom stereocenters. The SMILES string of the molecule is C=CCC(N)c1ccncc1F. The second-order valence-electron chi connectivity index (χ2n) is 2.53. The van der Waals surface area contributed by atoms with Crippen LogP contribution in [-0.2, 0) is 0 Å². The lowest BCUT2D eigenvalue weighted by Crippen LogP contribution is -2.11. The molecular weight excluding hydrogens is 155 g/mol. The molecule has 0 aromatic carbocycles. The highest BCUT2D eigenvalue weighted by Crippen LogP contribution is 2.16. The van der Waals surface area contributed by atoms with Crippen LogP contribution in [0.25, 0.3) is 0 Å². The summed E-state index contributed by atoms with van der Waals surface area (Å²) in [7, 11) is 0. The Bertz CT molecular complexity index is 273. The summed E-state index contributed by atoms with van der Waals surface area (Å²) >= 11 is 0. The number of nitrogens with zero attached hydrogens (tertiary/aromatic N) is 1. The second kappa shape index (κ2) is 3.97. The fourth-order valence-electron chi connectivity index (χ4n) is 0.993. The van der Waals surface area contributed by atoms with Gasteiger partial charge in [0.25, 0.3) is 0 Å². The maximum absolute atomic E-state index is 13.0. The summed E-state index contributed by atoms with van der Waals surface area (Å²) in [5.41, 5.74) is 6.16. The Hall–Kier alpha value is -1.22. The van der Waals surface area contributed by atoms with Gasteiger partial charge >= 0.3 is 0 Å². The minimum atomic E-state index is -0.355. The Morgan fingerprint density at radius 3 is 3.08 bits per heavy atom. The van der Waals surface area contributed by atoms with Gasteiger partial charge in [-0.25, -0.2) is 4.39 Å². The van der Waals surface area contributed by atoms with E-state index in [1.54, 1.807) is 12.1 Å². The molecule has 2 N–H and O–H groups in total. The van der Waals surface area contributed by atoms with Gasteiger partial charge in [-0.1, -0.05) is 6.08 Å². The minimum absolute atomic E-state index is 0.314. The van der Waals surface area contributed by atoms with E-state index in [9.17, 15) is 4.39 Å². The Morgan fingerprint density at radius 1 is 1.75 bits per heavy atom. The van der Waals surface area contributed by atoms with Gasteiger partial charge in [-0.05, 0) is 12.5 Å². The summed E-state index contributed by atoms with van der Waals surface area (Å²) in [5.74, 6) is -0.355. The first-order chi connectivity index (χ1) is 5.75. The Balaban J connectivity index is 2.86. The quantitative estimate of drug-likeness (QED) is 0.695. The maximum atomic E-state index is 13.0. The first kappa shape index (κ1) is 8.87. The van der Waals surface area contributed by atoms with Gasteiger partial charge in [0.1, 0.15) is 5.82 Å². The lowest BCUT2D eigenvalue weighted by Gasteiger charge is -2.08. The van der Waals surface area contributed by atoms with Crippen LogP contribution in [-0.4, -0.2) is 4.98 Å². The second-order valence-corrected chi connectivity index (χ2v) is 2.53. The van der Waals surface area contributed by atoms with Crippen molar-refractivity contribution in [3.63, 3.8) is 0 Å². The van der Waals surface area contributed by atoms with Crippen LogP contribution < -0.4 is 5.73 Å². The van der Waals surface area contributed by atoms with Gasteiger partial charge in [-0.3, -0.25) is 4.98 Å². The van der Waals surface area contributed by atoms with E-state index in [1.165, 1.54) is 6.20 Å². The van der Waals surface area contributed by atoms with E-state index < -0.39 is 0 Å². The van der Waals surface area contributed by atoms with Crippen molar-refractivity contribution < 1.29 is 4.39 Å². The molecule has 1 rings (SSSR count). The summed E-state index contributed by atoms with van der Waals surface area (Å²) in [6.45, 7) is 3.54. The van der Waals surface area contributed by atoms with E-state index in [0.29, 0.717) is 12.0 Å². The van der Waals surface area contributed by atoms with E-state index in [1.807, 2.05) is 0 Å². The molecule has 1 aromatic heterocycles. The smallest absolute Gasteiger partial charge is 0.146 e. The van der Waals surface area contributed by atoms with Crippen LogP contribution >= 0.6 is 0 Å². The third-order valence-electron chi connectivity index (χ3n) is 1.62. The van der Waals surface area contributed by atoms with Gasteiger partial charge in [0.2, 0.25) is 0 Å². The Morgan fingerprint density at radius 2 is 2.50 bits per heavy atom. The lowest BCUT2D eigenvalue weighted by molar-refractivity contribution is 0.577. The van der Waals surface area contributed by atoms with Gasteiger partial charge < -0.3 is 5.73 Å². The normalized spacial score (nSPS) is 12.5. The van der Waals surface area contributed by atoms with Gasteiger partial charge in [0.05, 0.1) is 6.20 Å². The molecule has 0 bridgehead atoms. The summed E-state index contributed by atoms with van der Waals surface area (Å²) < 4.78 is 13.0. The first-order valence-corrected chi connectivity index (χ1v) is 3.71. The molecular formula is C9H11FN2. The molecule has 0 fully saturated rings. The van der Waals surface area contributed by atoms with Crippen LogP contribution in [0.2, 0.25) is 0 Å². The fraction of sp³-hybridized carbons (Fsp3) is 0.222. The van der Waals surface area contributed by atoms with Crippen molar-refractivity contribution >= 4 is 0 Å². The number of nitrogens with two attached hydrogens (primary N) is 1. The van der Waals surface area contributed by atoms with Crippen LogP contribution in [0, 0.1) is 5.82 Å². The van der Waals surface area contributed by atoms with Crippen molar-refractivity contribution in [2.24, 2.45) is 5.73 Å². The molecule has 0 saturated carbocycles. The molecule has 12 heavy (non-hydrogen) atoms. The molecule has 2 nitrogen and oxygen atoms in total. The number of rotatable bonds is 3. The van der Waals surface area contributed by atoms with E-state index in [2.05, 4.69) is 11.6 Å². The van der Waals surface area contributed by atoms with Gasteiger partial charge in [-0.15, -0.1) is 6.58 Å². The standard InChI is InChI=1S/C9H11FN2/c1-2-3-9(11)7-4-5-12-6-8(7)10/h2,4-6,9H,1,3,11H2. The molecule has 1 heterocycles. The third-order valence-corrected chi connectivity index (χ3v) is 1.62. The zero-order chi connectivity index (χ0) is 8.97. The third kappa shape index (κ3) is 1.89. The molecule has 0 aliphatic rings. The van der Waals surface area contributed by atoms with Crippen LogP contribution in [0.15, 0.2) is 31.1 Å². The van der Waals surface area contributed by atoms with Crippen molar-refractivity contribution in [2.75, 3.05) is 0 Å². The predicted molar refractivity (Wildman–Crippen MR) is 45.9 cm³/mol. The van der Waals surface area contributed by atoms with Crippen molar-refractivity contribution in [3.05, 3.63) is 42.5 Å². The molecule has 0 radical (unpaired) electrons. The topological polar surface area (TPSA) is 38.9 Å². The van der Waals surface area contributed by atoms with E-state index in [4.69, 9.17) is 5.73 Å². The molecule has 64 valence electrons. The molecule has 0 spiro atoms. The number of hydrogen-bond donors (Lipinski definition) is 1. The highest BCUT2D eigenvalue weighted by molar-refractivity contribution is 5.17. The van der Waals surface area contributed by atoms with Gasteiger partial charge in [-0.2, -0.15) is 0 Å². The number of hydrogen-bond acceptors (Lipinski definition) is 2. The number of halogens is 1. The summed E-state index contributed by atoms with van der Waals surface area (Å²) in [6, 6.07) is 1.27. The first-order valence-electron chi connectivity index (χ1n) is 3.71. The number of aromatic nitrogens is 1. The van der Waals surface area contributed by atoms with Gasteiger partial charge in [0, 0.05) is 17.8 Å². The predicted octanol–water partition coefficient (Wildman–Crippen LogP) is 1.80. The van der Waals surface area contributed by atoms with Crippen molar-refractivity contribution in [1.29, 1.82) is 0 Å². The number of pyridine rings is 1. The van der Waals surface area contributed by atoms with Crippen LogP contribution in [0.4, 0.5) is 4.39 Å². The Labute approximate surface area is 70.9 Å². The van der Waals surface area contributed by atoms with E-state index in [0.717, 1.165) is 6.20 Å². The molecule has 0 aliphatic heterocycles. The molecule has 1 atom stereocenters. The van der Waals surface area contributed by atoms with Crippen molar-refractivity contribution in [1.82, 2.24) is 4.98 Å². The maximum Gasteiger partial charge on any atom is 0.146 e. The van der Waals surface area contributed by atoms with Crippen LogP contribution in [0.3, 0.4) is 0 Å². The monoisotopic (exact) mass is 166 g/mol. The van der Waals surface area contributed by atoms with E-state index >= 15 is 0 Å². The Kier molecular flexibility index (Phi) is 2.94. The zero-order valence-electron chi connectivity index (χ0n) is 6.70. The molecule has 1 aromatic rings. The summed E-state index contributed by atoms with van der Waals surface area (Å²) in [6.07, 6.45) is 4.94. The minimum Gasteiger partial charge on any atom is -0.324 e. The highest BCUT2D eigenvalue weighted by Gasteiger charge is 2.08. The molecule has 0 aliphatic carbocycles. The fourth-order valence-corrected chi connectivity index (χ4v) is 0.993.